The molecule has 2 aromatic rings. The molecule has 0 radical (unpaired) electrons. The zero-order valence-electron chi connectivity index (χ0n) is 11.2. The molecule has 0 aliphatic rings. The molecular formula is C15H13BrClFN2O. The van der Waals surface area contributed by atoms with Crippen LogP contribution >= 0.6 is 27.5 Å². The topological polar surface area (TPSA) is 41.1 Å². The number of hydrogen-bond donors (Lipinski definition) is 2. The van der Waals surface area contributed by atoms with Gasteiger partial charge in [-0.3, -0.25) is 4.79 Å². The third-order valence-corrected chi connectivity index (χ3v) is 3.77. The van der Waals surface area contributed by atoms with Crippen molar-refractivity contribution in [3.05, 3.63) is 57.3 Å². The van der Waals surface area contributed by atoms with E-state index in [-0.39, 0.29) is 11.7 Å². The molecule has 0 saturated carbocycles. The van der Waals surface area contributed by atoms with Crippen LogP contribution in [-0.4, -0.2) is 5.91 Å². The average Bonchev–Trinajstić information content (AvgIpc) is 2.42. The van der Waals surface area contributed by atoms with Gasteiger partial charge in [-0.25, -0.2) is 4.39 Å². The summed E-state index contributed by atoms with van der Waals surface area (Å²) in [6.45, 7) is 1.81. The summed E-state index contributed by atoms with van der Waals surface area (Å²) >= 11 is 9.36. The van der Waals surface area contributed by atoms with Gasteiger partial charge >= 0.3 is 0 Å². The van der Waals surface area contributed by atoms with Crippen LogP contribution in [0.15, 0.2) is 40.9 Å². The number of carbonyl (C=O) groups excluding carboxylic acids is 1. The Morgan fingerprint density at radius 3 is 2.76 bits per heavy atom. The van der Waals surface area contributed by atoms with Gasteiger partial charge in [0.2, 0.25) is 5.91 Å². The average molecular weight is 372 g/mol. The van der Waals surface area contributed by atoms with Gasteiger partial charge in [-0.05, 0) is 42.0 Å². The SMILES string of the molecule is CC(=O)Nc1ccc(F)c(NCc2cc(Cl)ccc2Br)c1. The monoisotopic (exact) mass is 370 g/mol. The van der Waals surface area contributed by atoms with Crippen LogP contribution in [0.3, 0.4) is 0 Å². The summed E-state index contributed by atoms with van der Waals surface area (Å²) in [6, 6.07) is 9.78. The molecular weight excluding hydrogens is 359 g/mol. The number of benzene rings is 2. The summed E-state index contributed by atoms with van der Waals surface area (Å²) < 4.78 is 14.7. The van der Waals surface area contributed by atoms with E-state index in [1.54, 1.807) is 18.2 Å². The highest BCUT2D eigenvalue weighted by Crippen LogP contribution is 2.24. The minimum absolute atomic E-state index is 0.204. The van der Waals surface area contributed by atoms with Gasteiger partial charge in [-0.2, -0.15) is 0 Å². The molecule has 3 nitrogen and oxygen atoms in total. The van der Waals surface area contributed by atoms with E-state index in [1.807, 2.05) is 6.07 Å². The fourth-order valence-electron chi connectivity index (χ4n) is 1.81. The van der Waals surface area contributed by atoms with Gasteiger partial charge in [0.05, 0.1) is 5.69 Å². The van der Waals surface area contributed by atoms with Gasteiger partial charge in [0, 0.05) is 28.7 Å². The summed E-state index contributed by atoms with van der Waals surface area (Å²) in [5.41, 5.74) is 1.76. The quantitative estimate of drug-likeness (QED) is 0.809. The molecule has 0 saturated heterocycles. The zero-order valence-corrected chi connectivity index (χ0v) is 13.6. The van der Waals surface area contributed by atoms with E-state index in [2.05, 4.69) is 26.6 Å². The van der Waals surface area contributed by atoms with E-state index in [9.17, 15) is 9.18 Å². The van der Waals surface area contributed by atoms with Crippen molar-refractivity contribution >= 4 is 44.8 Å². The van der Waals surface area contributed by atoms with Crippen molar-refractivity contribution in [1.82, 2.24) is 0 Å². The van der Waals surface area contributed by atoms with Crippen LogP contribution in [-0.2, 0) is 11.3 Å². The Morgan fingerprint density at radius 2 is 2.05 bits per heavy atom. The van der Waals surface area contributed by atoms with Crippen molar-refractivity contribution in [2.45, 2.75) is 13.5 Å². The number of hydrogen-bond acceptors (Lipinski definition) is 2. The minimum atomic E-state index is -0.387. The first-order valence-electron chi connectivity index (χ1n) is 6.20. The maximum absolute atomic E-state index is 13.8. The third-order valence-electron chi connectivity index (χ3n) is 2.76. The second-order valence-corrected chi connectivity index (χ2v) is 5.76. The van der Waals surface area contributed by atoms with Gasteiger partial charge < -0.3 is 10.6 Å². The van der Waals surface area contributed by atoms with Crippen LogP contribution in [0.4, 0.5) is 15.8 Å². The van der Waals surface area contributed by atoms with Crippen molar-refractivity contribution in [1.29, 1.82) is 0 Å². The zero-order chi connectivity index (χ0) is 15.4. The molecule has 0 fully saturated rings. The maximum atomic E-state index is 13.8. The van der Waals surface area contributed by atoms with Gasteiger partial charge in [0.25, 0.3) is 0 Å². The largest absolute Gasteiger partial charge is 0.378 e. The van der Waals surface area contributed by atoms with Crippen LogP contribution in [0, 0.1) is 5.82 Å². The lowest BCUT2D eigenvalue weighted by molar-refractivity contribution is -0.114. The first-order chi connectivity index (χ1) is 9.95. The molecule has 21 heavy (non-hydrogen) atoms. The van der Waals surface area contributed by atoms with Crippen molar-refractivity contribution < 1.29 is 9.18 Å². The van der Waals surface area contributed by atoms with E-state index < -0.39 is 0 Å². The molecule has 2 N–H and O–H groups in total. The van der Waals surface area contributed by atoms with Gasteiger partial charge in [0.15, 0.2) is 0 Å². The second-order valence-electron chi connectivity index (χ2n) is 4.47. The normalized spacial score (nSPS) is 10.3. The van der Waals surface area contributed by atoms with Gasteiger partial charge in [-0.15, -0.1) is 0 Å². The first-order valence-corrected chi connectivity index (χ1v) is 7.38. The molecule has 0 aromatic heterocycles. The summed E-state index contributed by atoms with van der Waals surface area (Å²) in [7, 11) is 0. The summed E-state index contributed by atoms with van der Waals surface area (Å²) in [4.78, 5) is 11.0. The molecule has 0 bridgehead atoms. The molecule has 1 amide bonds. The number of amides is 1. The van der Waals surface area contributed by atoms with Crippen molar-refractivity contribution in [3.63, 3.8) is 0 Å². The van der Waals surface area contributed by atoms with Crippen molar-refractivity contribution in [2.24, 2.45) is 0 Å². The van der Waals surface area contributed by atoms with Crippen LogP contribution in [0.5, 0.6) is 0 Å². The lowest BCUT2D eigenvalue weighted by Gasteiger charge is -2.11. The molecule has 2 rings (SSSR count). The van der Waals surface area contributed by atoms with E-state index >= 15 is 0 Å². The minimum Gasteiger partial charge on any atom is -0.378 e. The molecule has 2 aromatic carbocycles. The third kappa shape index (κ3) is 4.44. The number of anilines is 2. The molecule has 0 aliphatic carbocycles. The Bertz CT molecular complexity index is 679. The highest BCUT2D eigenvalue weighted by molar-refractivity contribution is 9.10. The van der Waals surface area contributed by atoms with Gasteiger partial charge in [0.1, 0.15) is 5.82 Å². The summed E-state index contributed by atoms with van der Waals surface area (Å²) in [5, 5.41) is 6.22. The van der Waals surface area contributed by atoms with E-state index in [0.29, 0.717) is 22.9 Å². The predicted octanol–water partition coefficient (Wildman–Crippen LogP) is 4.81. The fraction of sp³-hybridized carbons (Fsp3) is 0.133. The Morgan fingerprint density at radius 1 is 1.29 bits per heavy atom. The number of nitrogens with one attached hydrogen (secondary N) is 2. The molecule has 0 atom stereocenters. The Balaban J connectivity index is 2.15. The molecule has 110 valence electrons. The lowest BCUT2D eigenvalue weighted by Crippen LogP contribution is -2.07. The van der Waals surface area contributed by atoms with Crippen LogP contribution in [0.1, 0.15) is 12.5 Å². The van der Waals surface area contributed by atoms with Crippen molar-refractivity contribution in [3.8, 4) is 0 Å². The van der Waals surface area contributed by atoms with Crippen molar-refractivity contribution in [2.75, 3.05) is 10.6 Å². The van der Waals surface area contributed by atoms with E-state index in [1.165, 1.54) is 19.1 Å². The molecule has 0 unspecified atom stereocenters. The smallest absolute Gasteiger partial charge is 0.221 e. The molecule has 0 aliphatic heterocycles. The maximum Gasteiger partial charge on any atom is 0.221 e. The predicted molar refractivity (Wildman–Crippen MR) is 87.2 cm³/mol. The number of carbonyl (C=O) groups is 1. The van der Waals surface area contributed by atoms with E-state index in [0.717, 1.165) is 10.0 Å². The standard InChI is InChI=1S/C15H13BrClFN2O/c1-9(21)20-12-3-5-14(18)15(7-12)19-8-10-6-11(17)2-4-13(10)16/h2-7,19H,8H2,1H3,(H,20,21). The van der Waals surface area contributed by atoms with Crippen LogP contribution < -0.4 is 10.6 Å². The fourth-order valence-corrected chi connectivity index (χ4v) is 2.39. The molecule has 6 heteroatoms. The van der Waals surface area contributed by atoms with Crippen LogP contribution in [0.2, 0.25) is 5.02 Å². The van der Waals surface area contributed by atoms with Crippen LogP contribution in [0.25, 0.3) is 0 Å². The Labute approximate surface area is 135 Å². The van der Waals surface area contributed by atoms with Gasteiger partial charge in [-0.1, -0.05) is 27.5 Å². The first kappa shape index (κ1) is 15.8. The summed E-state index contributed by atoms with van der Waals surface area (Å²) in [5.74, 6) is -0.590. The molecule has 0 heterocycles. The second kappa shape index (κ2) is 6.91. The Kier molecular flexibility index (Phi) is 5.20. The highest BCUT2D eigenvalue weighted by Gasteiger charge is 2.06. The highest BCUT2D eigenvalue weighted by atomic mass is 79.9. The number of halogens is 3. The Hall–Kier alpha value is -1.59. The lowest BCUT2D eigenvalue weighted by atomic mass is 10.2. The van der Waals surface area contributed by atoms with E-state index in [4.69, 9.17) is 11.6 Å². The molecule has 0 spiro atoms. The number of rotatable bonds is 4. The summed E-state index contributed by atoms with van der Waals surface area (Å²) in [6.07, 6.45) is 0.